The summed E-state index contributed by atoms with van der Waals surface area (Å²) in [4.78, 5) is 11.8. The van der Waals surface area contributed by atoms with E-state index >= 15 is 0 Å². The van der Waals surface area contributed by atoms with Gasteiger partial charge in [-0.2, -0.15) is 0 Å². The van der Waals surface area contributed by atoms with E-state index in [4.69, 9.17) is 9.47 Å². The number of ketones is 1. The summed E-state index contributed by atoms with van der Waals surface area (Å²) >= 11 is 3.52. The van der Waals surface area contributed by atoms with E-state index in [0.29, 0.717) is 12.2 Å². The molecule has 4 heteroatoms. The molecule has 0 radical (unpaired) electrons. The Balaban J connectivity index is 2.37. The van der Waals surface area contributed by atoms with Crippen molar-refractivity contribution in [1.29, 1.82) is 0 Å². The van der Waals surface area contributed by atoms with Gasteiger partial charge >= 0.3 is 0 Å². The van der Waals surface area contributed by atoms with Gasteiger partial charge in [-0.3, -0.25) is 4.79 Å². The van der Waals surface area contributed by atoms with Crippen molar-refractivity contribution in [3.63, 3.8) is 0 Å². The number of hydrogen-bond donors (Lipinski definition) is 0. The maximum absolute atomic E-state index is 11.8. The molecule has 3 nitrogen and oxygen atoms in total. The molecule has 0 spiro atoms. The van der Waals surface area contributed by atoms with Gasteiger partial charge in [0.2, 0.25) is 0 Å². The molecule has 0 aromatic heterocycles. The summed E-state index contributed by atoms with van der Waals surface area (Å²) in [7, 11) is 3.29. The Kier molecular flexibility index (Phi) is 4.86. The van der Waals surface area contributed by atoms with Crippen molar-refractivity contribution in [2.24, 2.45) is 0 Å². The van der Waals surface area contributed by atoms with Crippen LogP contribution in [-0.2, 0) is 4.79 Å². The molecule has 0 aliphatic heterocycles. The van der Waals surface area contributed by atoms with Gasteiger partial charge in [-0.15, -0.1) is 0 Å². The molecular formula is C15H19BrO3. The van der Waals surface area contributed by atoms with E-state index in [1.807, 2.05) is 12.1 Å². The maximum Gasteiger partial charge on any atom is 0.140 e. The van der Waals surface area contributed by atoms with Crippen molar-refractivity contribution < 1.29 is 14.3 Å². The van der Waals surface area contributed by atoms with Gasteiger partial charge in [0.25, 0.3) is 0 Å². The quantitative estimate of drug-likeness (QED) is 0.785. The van der Waals surface area contributed by atoms with Crippen LogP contribution in [0.5, 0.6) is 11.5 Å². The molecule has 19 heavy (non-hydrogen) atoms. The number of carbonyl (C=O) groups is 1. The van der Waals surface area contributed by atoms with E-state index in [0.717, 1.165) is 47.2 Å². The summed E-state index contributed by atoms with van der Waals surface area (Å²) in [6.07, 6.45) is 4.49. The van der Waals surface area contributed by atoms with E-state index in [2.05, 4.69) is 15.9 Å². The van der Waals surface area contributed by atoms with Gasteiger partial charge in [0, 0.05) is 12.8 Å². The summed E-state index contributed by atoms with van der Waals surface area (Å²) in [5.74, 6) is 2.16. The predicted molar refractivity (Wildman–Crippen MR) is 78.1 cm³/mol. The first kappa shape index (κ1) is 14.4. The minimum Gasteiger partial charge on any atom is -0.495 e. The molecule has 1 unspecified atom stereocenters. The van der Waals surface area contributed by atoms with Crippen molar-refractivity contribution >= 4 is 21.7 Å². The second-order valence-electron chi connectivity index (χ2n) is 4.89. The molecule has 1 fully saturated rings. The summed E-state index contributed by atoms with van der Waals surface area (Å²) in [5.41, 5.74) is 1.10. The summed E-state index contributed by atoms with van der Waals surface area (Å²) in [6.45, 7) is 0. The van der Waals surface area contributed by atoms with Gasteiger partial charge in [0.1, 0.15) is 21.8 Å². The number of Topliss-reactive ketones (excluding diaryl/α,β-unsaturated/α-hetero) is 1. The third kappa shape index (κ3) is 3.11. The van der Waals surface area contributed by atoms with Crippen molar-refractivity contribution in [3.05, 3.63) is 22.2 Å². The first-order valence-corrected chi connectivity index (χ1v) is 7.38. The predicted octanol–water partition coefficient (Wildman–Crippen LogP) is 4.08. The van der Waals surface area contributed by atoms with Gasteiger partial charge < -0.3 is 9.47 Å². The van der Waals surface area contributed by atoms with Gasteiger partial charge in [0.15, 0.2) is 0 Å². The van der Waals surface area contributed by atoms with Gasteiger partial charge in [-0.05, 0) is 46.3 Å². The lowest BCUT2D eigenvalue weighted by atomic mass is 9.90. The minimum atomic E-state index is 0.257. The minimum absolute atomic E-state index is 0.257. The lowest BCUT2D eigenvalue weighted by molar-refractivity contribution is -0.119. The average Bonchev–Trinajstić information content (AvgIpc) is 2.63. The van der Waals surface area contributed by atoms with Crippen LogP contribution in [0, 0.1) is 0 Å². The second-order valence-corrected chi connectivity index (χ2v) is 5.68. The van der Waals surface area contributed by atoms with E-state index in [1.165, 1.54) is 0 Å². The SMILES string of the molecule is COc1ccc(C2CCCCC(=O)C2)c(OC)c1Br. The largest absolute Gasteiger partial charge is 0.495 e. The number of benzene rings is 1. The van der Waals surface area contributed by atoms with E-state index in [9.17, 15) is 4.79 Å². The summed E-state index contributed by atoms with van der Waals surface area (Å²) in [5, 5.41) is 0. The zero-order valence-corrected chi connectivity index (χ0v) is 13.0. The van der Waals surface area contributed by atoms with Crippen LogP contribution < -0.4 is 9.47 Å². The van der Waals surface area contributed by atoms with Crippen molar-refractivity contribution in [2.75, 3.05) is 14.2 Å². The fourth-order valence-electron chi connectivity index (χ4n) is 2.70. The lowest BCUT2D eigenvalue weighted by Crippen LogP contribution is -2.06. The highest BCUT2D eigenvalue weighted by Gasteiger charge is 2.24. The topological polar surface area (TPSA) is 35.5 Å². The third-order valence-corrected chi connectivity index (χ3v) is 4.44. The second kappa shape index (κ2) is 6.42. The molecule has 1 aliphatic carbocycles. The van der Waals surface area contributed by atoms with Gasteiger partial charge in [-0.1, -0.05) is 12.5 Å². The Hall–Kier alpha value is -1.03. The zero-order valence-electron chi connectivity index (χ0n) is 11.4. The van der Waals surface area contributed by atoms with Crippen LogP contribution in [0.25, 0.3) is 0 Å². The van der Waals surface area contributed by atoms with Crippen molar-refractivity contribution in [1.82, 2.24) is 0 Å². The van der Waals surface area contributed by atoms with Crippen LogP contribution in [-0.4, -0.2) is 20.0 Å². The molecule has 1 atom stereocenters. The van der Waals surface area contributed by atoms with Crippen LogP contribution in [0.2, 0.25) is 0 Å². The highest BCUT2D eigenvalue weighted by molar-refractivity contribution is 9.10. The van der Waals surface area contributed by atoms with Crippen LogP contribution in [0.3, 0.4) is 0 Å². The molecule has 1 aromatic rings. The molecule has 1 saturated carbocycles. The highest BCUT2D eigenvalue weighted by atomic mass is 79.9. The number of ether oxygens (including phenoxy) is 2. The Labute approximate surface area is 122 Å². The monoisotopic (exact) mass is 326 g/mol. The summed E-state index contributed by atoms with van der Waals surface area (Å²) < 4.78 is 11.6. The first-order chi connectivity index (χ1) is 9.17. The maximum atomic E-state index is 11.8. The standard InChI is InChI=1S/C15H19BrO3/c1-18-13-8-7-12(15(19-2)14(13)16)10-5-3-4-6-11(17)9-10/h7-8,10H,3-6,9H2,1-2H3. The van der Waals surface area contributed by atoms with Crippen LogP contribution in [0.1, 0.15) is 43.6 Å². The number of hydrogen-bond acceptors (Lipinski definition) is 3. The molecule has 0 bridgehead atoms. The fourth-order valence-corrected chi connectivity index (χ4v) is 3.38. The Morgan fingerprint density at radius 3 is 2.68 bits per heavy atom. The highest BCUT2D eigenvalue weighted by Crippen LogP contribution is 2.43. The molecular weight excluding hydrogens is 308 g/mol. The van der Waals surface area contributed by atoms with E-state index in [-0.39, 0.29) is 5.92 Å². The smallest absolute Gasteiger partial charge is 0.140 e. The normalized spacial score (nSPS) is 19.9. The zero-order chi connectivity index (χ0) is 13.8. The number of carbonyl (C=O) groups excluding carboxylic acids is 1. The van der Waals surface area contributed by atoms with Gasteiger partial charge in [-0.25, -0.2) is 0 Å². The fraction of sp³-hybridized carbons (Fsp3) is 0.533. The Bertz CT molecular complexity index is 471. The van der Waals surface area contributed by atoms with Crippen molar-refractivity contribution in [3.8, 4) is 11.5 Å². The molecule has 2 rings (SSSR count). The molecule has 1 aromatic carbocycles. The first-order valence-electron chi connectivity index (χ1n) is 6.59. The lowest BCUT2D eigenvalue weighted by Gasteiger charge is -2.19. The van der Waals surface area contributed by atoms with E-state index in [1.54, 1.807) is 14.2 Å². The van der Waals surface area contributed by atoms with E-state index < -0.39 is 0 Å². The molecule has 0 N–H and O–H groups in total. The van der Waals surface area contributed by atoms with Crippen LogP contribution in [0.4, 0.5) is 0 Å². The molecule has 0 heterocycles. The van der Waals surface area contributed by atoms with Crippen LogP contribution >= 0.6 is 15.9 Å². The van der Waals surface area contributed by atoms with Gasteiger partial charge in [0.05, 0.1) is 14.2 Å². The molecule has 0 saturated heterocycles. The Morgan fingerprint density at radius 1 is 1.21 bits per heavy atom. The molecule has 104 valence electrons. The number of methoxy groups -OCH3 is 2. The van der Waals surface area contributed by atoms with Crippen molar-refractivity contribution in [2.45, 2.75) is 38.0 Å². The third-order valence-electron chi connectivity index (χ3n) is 3.69. The molecule has 0 amide bonds. The Morgan fingerprint density at radius 2 is 2.00 bits per heavy atom. The summed E-state index contributed by atoms with van der Waals surface area (Å²) in [6, 6.07) is 3.95. The number of halogens is 1. The number of rotatable bonds is 3. The molecule has 1 aliphatic rings. The average molecular weight is 327 g/mol. The van der Waals surface area contributed by atoms with Crippen LogP contribution in [0.15, 0.2) is 16.6 Å².